The lowest BCUT2D eigenvalue weighted by atomic mass is 10.3. The molecule has 5 heteroatoms. The second-order valence-corrected chi connectivity index (χ2v) is 5.53. The second kappa shape index (κ2) is 5.12. The first-order chi connectivity index (χ1) is 7.65. The molecule has 0 spiro atoms. The van der Waals surface area contributed by atoms with Crippen LogP contribution in [0.3, 0.4) is 0 Å². The van der Waals surface area contributed by atoms with Crippen molar-refractivity contribution < 1.29 is 4.79 Å². The Bertz CT molecular complexity index is 448. The Morgan fingerprint density at radius 2 is 2.31 bits per heavy atom. The molecule has 0 aromatic heterocycles. The predicted octanol–water partition coefficient (Wildman–Crippen LogP) is 2.72. The fourth-order valence-corrected chi connectivity index (χ4v) is 2.61. The molecule has 0 saturated carbocycles. The fraction of sp³-hybridized carbons (Fsp3) is 0.273. The molecule has 3 nitrogen and oxygen atoms in total. The van der Waals surface area contributed by atoms with Gasteiger partial charge in [-0.05, 0) is 25.2 Å². The number of thioether (sulfide) groups is 1. The molecule has 0 N–H and O–H groups in total. The van der Waals surface area contributed by atoms with Crippen molar-refractivity contribution in [1.29, 1.82) is 0 Å². The standard InChI is InChI=1S/C11H11BrN2OS/c1-14-6-9(15)5-13-10-4-8(12)2-3-11(10)16-7-14/h2-5H,6-7H2,1H3. The van der Waals surface area contributed by atoms with Crippen LogP contribution in [-0.2, 0) is 4.79 Å². The van der Waals surface area contributed by atoms with E-state index >= 15 is 0 Å². The van der Waals surface area contributed by atoms with Crippen LogP contribution in [0.2, 0.25) is 0 Å². The van der Waals surface area contributed by atoms with Crippen LogP contribution in [0.15, 0.2) is 32.6 Å². The van der Waals surface area contributed by atoms with Crippen LogP contribution in [0.5, 0.6) is 0 Å². The fourth-order valence-electron chi connectivity index (χ4n) is 1.39. The first-order valence-electron chi connectivity index (χ1n) is 4.83. The summed E-state index contributed by atoms with van der Waals surface area (Å²) in [5.74, 6) is 0.833. The Hall–Kier alpha value is -0.650. The first kappa shape index (κ1) is 11.8. The molecule has 1 aromatic carbocycles. The van der Waals surface area contributed by atoms with Crippen LogP contribution in [-0.4, -0.2) is 36.4 Å². The zero-order valence-electron chi connectivity index (χ0n) is 8.81. The molecular weight excluding hydrogens is 288 g/mol. The van der Waals surface area contributed by atoms with E-state index < -0.39 is 0 Å². The topological polar surface area (TPSA) is 32.7 Å². The minimum atomic E-state index is 0.0379. The highest BCUT2D eigenvalue weighted by Gasteiger charge is 2.10. The summed E-state index contributed by atoms with van der Waals surface area (Å²) in [4.78, 5) is 18.8. The quantitative estimate of drug-likeness (QED) is 0.738. The van der Waals surface area contributed by atoms with E-state index in [1.807, 2.05) is 30.1 Å². The first-order valence-corrected chi connectivity index (χ1v) is 6.61. The van der Waals surface area contributed by atoms with Gasteiger partial charge in [-0.25, -0.2) is 0 Å². The third kappa shape index (κ3) is 2.93. The Kier molecular flexibility index (Phi) is 3.78. The van der Waals surface area contributed by atoms with E-state index in [2.05, 4.69) is 20.9 Å². The van der Waals surface area contributed by atoms with Crippen LogP contribution < -0.4 is 0 Å². The Labute approximate surface area is 107 Å². The molecule has 0 unspecified atom stereocenters. The molecule has 0 radical (unpaired) electrons. The third-order valence-corrected chi connectivity index (χ3v) is 3.85. The van der Waals surface area contributed by atoms with Crippen LogP contribution in [0, 0.1) is 0 Å². The number of Topliss-reactive ketones (excluding diaryl/α,β-unsaturated/α-hetero) is 1. The van der Waals surface area contributed by atoms with Gasteiger partial charge in [-0.15, -0.1) is 11.8 Å². The highest BCUT2D eigenvalue weighted by atomic mass is 79.9. The molecule has 0 atom stereocenters. The number of carbonyl (C=O) groups is 1. The monoisotopic (exact) mass is 298 g/mol. The maximum absolute atomic E-state index is 11.5. The summed E-state index contributed by atoms with van der Waals surface area (Å²) < 4.78 is 0.976. The lowest BCUT2D eigenvalue weighted by Gasteiger charge is -2.13. The van der Waals surface area contributed by atoms with Crippen molar-refractivity contribution in [3.05, 3.63) is 22.7 Å². The van der Waals surface area contributed by atoms with Gasteiger partial charge < -0.3 is 0 Å². The largest absolute Gasteiger partial charge is 0.292 e. The van der Waals surface area contributed by atoms with Crippen molar-refractivity contribution in [2.45, 2.75) is 4.90 Å². The number of aliphatic imine (C=N–C) groups is 1. The molecule has 2 rings (SSSR count). The Morgan fingerprint density at radius 1 is 1.50 bits per heavy atom. The van der Waals surface area contributed by atoms with Crippen LogP contribution in [0.1, 0.15) is 0 Å². The summed E-state index contributed by atoms with van der Waals surface area (Å²) in [6.07, 6.45) is 1.41. The van der Waals surface area contributed by atoms with Gasteiger partial charge >= 0.3 is 0 Å². The number of rotatable bonds is 0. The summed E-state index contributed by atoms with van der Waals surface area (Å²) in [5, 5.41) is 0. The number of carbonyl (C=O) groups excluding carboxylic acids is 1. The van der Waals surface area contributed by atoms with E-state index in [-0.39, 0.29) is 5.78 Å². The van der Waals surface area contributed by atoms with Crippen molar-refractivity contribution in [2.75, 3.05) is 19.5 Å². The number of likely N-dealkylation sites (N-methyl/N-ethyl adjacent to an activating group) is 1. The van der Waals surface area contributed by atoms with E-state index in [0.29, 0.717) is 6.54 Å². The molecule has 1 aliphatic heterocycles. The molecule has 16 heavy (non-hydrogen) atoms. The van der Waals surface area contributed by atoms with Gasteiger partial charge in [0.05, 0.1) is 18.4 Å². The smallest absolute Gasteiger partial charge is 0.187 e. The average Bonchev–Trinajstić information content (AvgIpc) is 2.30. The molecule has 1 heterocycles. The van der Waals surface area contributed by atoms with Gasteiger partial charge in [0.1, 0.15) is 0 Å². The summed E-state index contributed by atoms with van der Waals surface area (Å²) in [5.41, 5.74) is 0.850. The maximum atomic E-state index is 11.5. The van der Waals surface area contributed by atoms with Crippen molar-refractivity contribution in [3.63, 3.8) is 0 Å². The normalized spacial score (nSPS) is 17.5. The number of halogens is 1. The lowest BCUT2D eigenvalue weighted by Crippen LogP contribution is -2.25. The van der Waals surface area contributed by atoms with E-state index in [1.54, 1.807) is 11.8 Å². The van der Waals surface area contributed by atoms with Crippen molar-refractivity contribution in [2.24, 2.45) is 4.99 Å². The summed E-state index contributed by atoms with van der Waals surface area (Å²) in [6, 6.07) is 5.93. The van der Waals surface area contributed by atoms with Crippen LogP contribution >= 0.6 is 27.7 Å². The van der Waals surface area contributed by atoms with E-state index in [1.165, 1.54) is 6.21 Å². The molecule has 0 amide bonds. The molecule has 0 aliphatic carbocycles. The Balaban J connectivity index is 2.37. The van der Waals surface area contributed by atoms with Gasteiger partial charge in [0, 0.05) is 15.2 Å². The van der Waals surface area contributed by atoms with Crippen molar-refractivity contribution >= 4 is 45.4 Å². The maximum Gasteiger partial charge on any atom is 0.187 e. The highest BCUT2D eigenvalue weighted by molar-refractivity contribution is 9.10. The summed E-state index contributed by atoms with van der Waals surface area (Å²) in [7, 11) is 1.93. The number of hydrogen-bond donors (Lipinski definition) is 0. The molecule has 1 aromatic rings. The molecule has 84 valence electrons. The molecular formula is C11H11BrN2OS. The second-order valence-electron chi connectivity index (χ2n) is 3.62. The van der Waals surface area contributed by atoms with E-state index in [9.17, 15) is 4.79 Å². The minimum absolute atomic E-state index is 0.0379. The van der Waals surface area contributed by atoms with E-state index in [0.717, 1.165) is 20.9 Å². The summed E-state index contributed by atoms with van der Waals surface area (Å²) >= 11 is 5.10. The number of ketones is 1. The van der Waals surface area contributed by atoms with Crippen molar-refractivity contribution in [3.8, 4) is 0 Å². The minimum Gasteiger partial charge on any atom is -0.292 e. The molecule has 0 fully saturated rings. The molecule has 1 aliphatic rings. The van der Waals surface area contributed by atoms with Gasteiger partial charge in [0.25, 0.3) is 0 Å². The van der Waals surface area contributed by atoms with Crippen LogP contribution in [0.25, 0.3) is 0 Å². The van der Waals surface area contributed by atoms with Gasteiger partial charge in [0.2, 0.25) is 0 Å². The zero-order valence-corrected chi connectivity index (χ0v) is 11.2. The van der Waals surface area contributed by atoms with Crippen LogP contribution in [0.4, 0.5) is 5.69 Å². The van der Waals surface area contributed by atoms with Gasteiger partial charge in [-0.2, -0.15) is 0 Å². The van der Waals surface area contributed by atoms with E-state index in [4.69, 9.17) is 0 Å². The SMILES string of the molecule is CN1CSc2ccc(Br)cc2N=CC(=O)C1. The van der Waals surface area contributed by atoms with Gasteiger partial charge in [-0.1, -0.05) is 15.9 Å². The van der Waals surface area contributed by atoms with Gasteiger partial charge in [0.15, 0.2) is 5.78 Å². The van der Waals surface area contributed by atoms with Crippen molar-refractivity contribution in [1.82, 2.24) is 4.90 Å². The highest BCUT2D eigenvalue weighted by Crippen LogP contribution is 2.32. The Morgan fingerprint density at radius 3 is 3.12 bits per heavy atom. The molecule has 0 saturated heterocycles. The molecule has 0 bridgehead atoms. The lowest BCUT2D eigenvalue weighted by molar-refractivity contribution is -0.113. The predicted molar refractivity (Wildman–Crippen MR) is 70.7 cm³/mol. The third-order valence-electron chi connectivity index (χ3n) is 2.13. The number of nitrogens with zero attached hydrogens (tertiary/aromatic N) is 2. The summed E-state index contributed by atoms with van der Waals surface area (Å²) in [6.45, 7) is 0.422. The zero-order chi connectivity index (χ0) is 11.5. The average molecular weight is 299 g/mol. The number of benzene rings is 1. The number of fused-ring (bicyclic) bond motifs is 1. The van der Waals surface area contributed by atoms with Gasteiger partial charge in [-0.3, -0.25) is 14.7 Å². The number of hydrogen-bond acceptors (Lipinski definition) is 4.